The van der Waals surface area contributed by atoms with Crippen LogP contribution in [0.5, 0.6) is 0 Å². The number of nitrogens with zero attached hydrogens (tertiary/aromatic N) is 2. The molecule has 0 aliphatic carbocycles. The summed E-state index contributed by atoms with van der Waals surface area (Å²) < 4.78 is 0. The lowest BCUT2D eigenvalue weighted by atomic mass is 9.90. The number of rotatable bonds is 2. The van der Waals surface area contributed by atoms with Gasteiger partial charge in [0, 0.05) is 11.8 Å². The van der Waals surface area contributed by atoms with Gasteiger partial charge in [-0.05, 0) is 26.0 Å². The van der Waals surface area contributed by atoms with Gasteiger partial charge in [0.25, 0.3) is 0 Å². The predicted molar refractivity (Wildman–Crippen MR) is 48.3 cm³/mol. The molecule has 0 atom stereocenters. The summed E-state index contributed by atoms with van der Waals surface area (Å²) in [6.45, 7) is 3.54. The number of carbonyl (C=O) groups excluding carboxylic acids is 1. The first-order chi connectivity index (χ1) is 6.10. The Morgan fingerprint density at radius 1 is 1.62 bits per heavy atom. The van der Waals surface area contributed by atoms with Gasteiger partial charge in [0.1, 0.15) is 6.29 Å². The van der Waals surface area contributed by atoms with E-state index in [2.05, 4.69) is 11.1 Å². The Labute approximate surface area is 77.0 Å². The molecule has 0 amide bonds. The summed E-state index contributed by atoms with van der Waals surface area (Å²) in [6, 6.07) is 5.38. The molecule has 3 heteroatoms. The number of aldehydes is 1. The molecule has 1 rings (SSSR count). The molecule has 0 unspecified atom stereocenters. The second-order valence-electron chi connectivity index (χ2n) is 3.33. The van der Waals surface area contributed by atoms with Crippen molar-refractivity contribution < 1.29 is 4.79 Å². The van der Waals surface area contributed by atoms with Crippen molar-refractivity contribution in [2.45, 2.75) is 19.3 Å². The van der Waals surface area contributed by atoms with Crippen molar-refractivity contribution in [2.75, 3.05) is 0 Å². The minimum Gasteiger partial charge on any atom is -0.298 e. The van der Waals surface area contributed by atoms with Crippen LogP contribution in [0.4, 0.5) is 0 Å². The predicted octanol–water partition coefficient (Wildman–Crippen LogP) is 1.70. The summed E-state index contributed by atoms with van der Waals surface area (Å²) in [4.78, 5) is 14.5. The molecule has 0 saturated carbocycles. The second-order valence-corrected chi connectivity index (χ2v) is 3.33. The summed E-state index contributed by atoms with van der Waals surface area (Å²) in [5.41, 5.74) is 0.534. The SMILES string of the molecule is CC(C)(C#N)c1cc(C=O)ccn1. The van der Waals surface area contributed by atoms with Crippen molar-refractivity contribution in [3.8, 4) is 6.07 Å². The van der Waals surface area contributed by atoms with E-state index in [9.17, 15) is 4.79 Å². The van der Waals surface area contributed by atoms with Crippen LogP contribution in [0, 0.1) is 11.3 Å². The van der Waals surface area contributed by atoms with E-state index in [0.29, 0.717) is 11.3 Å². The fourth-order valence-corrected chi connectivity index (χ4v) is 0.919. The number of hydrogen-bond acceptors (Lipinski definition) is 3. The van der Waals surface area contributed by atoms with Gasteiger partial charge in [-0.25, -0.2) is 0 Å². The molecule has 0 aromatic carbocycles. The minimum atomic E-state index is -0.640. The largest absolute Gasteiger partial charge is 0.298 e. The lowest BCUT2D eigenvalue weighted by Crippen LogP contribution is -2.16. The first kappa shape index (κ1) is 9.40. The van der Waals surface area contributed by atoms with Gasteiger partial charge in [-0.3, -0.25) is 9.78 Å². The van der Waals surface area contributed by atoms with Crippen LogP contribution >= 0.6 is 0 Å². The molecule has 0 N–H and O–H groups in total. The Hall–Kier alpha value is -1.69. The third kappa shape index (κ3) is 1.91. The molecule has 0 bridgehead atoms. The maximum atomic E-state index is 10.5. The topological polar surface area (TPSA) is 53.8 Å². The molecule has 1 aromatic heterocycles. The summed E-state index contributed by atoms with van der Waals surface area (Å²) in [6.07, 6.45) is 2.29. The molecule has 13 heavy (non-hydrogen) atoms. The van der Waals surface area contributed by atoms with Crippen LogP contribution in [0.1, 0.15) is 29.9 Å². The highest BCUT2D eigenvalue weighted by atomic mass is 16.1. The van der Waals surface area contributed by atoms with Gasteiger partial charge < -0.3 is 0 Å². The molecule has 1 aromatic rings. The monoisotopic (exact) mass is 174 g/mol. The zero-order chi connectivity index (χ0) is 9.90. The van der Waals surface area contributed by atoms with Crippen molar-refractivity contribution in [1.29, 1.82) is 5.26 Å². The van der Waals surface area contributed by atoms with Gasteiger partial charge in [-0.1, -0.05) is 0 Å². The number of nitriles is 1. The van der Waals surface area contributed by atoms with Crippen molar-refractivity contribution in [1.82, 2.24) is 4.98 Å². The van der Waals surface area contributed by atoms with Gasteiger partial charge in [-0.15, -0.1) is 0 Å². The fourth-order valence-electron chi connectivity index (χ4n) is 0.919. The molecular formula is C10H10N2O. The Kier molecular flexibility index (Phi) is 2.43. The van der Waals surface area contributed by atoms with E-state index in [1.165, 1.54) is 6.20 Å². The highest BCUT2D eigenvalue weighted by molar-refractivity contribution is 5.74. The number of pyridine rings is 1. The molecule has 0 saturated heterocycles. The van der Waals surface area contributed by atoms with E-state index in [1.54, 1.807) is 26.0 Å². The molecule has 0 aliphatic rings. The molecule has 0 radical (unpaired) electrons. The van der Waals surface area contributed by atoms with Crippen LogP contribution < -0.4 is 0 Å². The lowest BCUT2D eigenvalue weighted by Gasteiger charge is -2.13. The lowest BCUT2D eigenvalue weighted by molar-refractivity contribution is 0.112. The van der Waals surface area contributed by atoms with Crippen LogP contribution in [0.25, 0.3) is 0 Å². The van der Waals surface area contributed by atoms with E-state index in [4.69, 9.17) is 5.26 Å². The number of aromatic nitrogens is 1. The third-order valence-corrected chi connectivity index (χ3v) is 1.84. The van der Waals surface area contributed by atoms with Gasteiger partial charge in [0.05, 0.1) is 17.2 Å². The van der Waals surface area contributed by atoms with Crippen molar-refractivity contribution in [3.05, 3.63) is 29.6 Å². The smallest absolute Gasteiger partial charge is 0.150 e. The highest BCUT2D eigenvalue weighted by Crippen LogP contribution is 2.19. The quantitative estimate of drug-likeness (QED) is 0.641. The summed E-state index contributed by atoms with van der Waals surface area (Å²) in [7, 11) is 0. The van der Waals surface area contributed by atoms with E-state index >= 15 is 0 Å². The van der Waals surface area contributed by atoms with Crippen LogP contribution in [-0.2, 0) is 5.41 Å². The maximum absolute atomic E-state index is 10.5. The molecule has 0 aliphatic heterocycles. The van der Waals surface area contributed by atoms with Gasteiger partial charge in [0.2, 0.25) is 0 Å². The molecule has 0 spiro atoms. The highest BCUT2D eigenvalue weighted by Gasteiger charge is 2.21. The van der Waals surface area contributed by atoms with Crippen LogP contribution in [0.15, 0.2) is 18.3 Å². The molecule has 3 nitrogen and oxygen atoms in total. The van der Waals surface area contributed by atoms with E-state index in [1.807, 2.05) is 0 Å². The molecule has 1 heterocycles. The molecular weight excluding hydrogens is 164 g/mol. The molecule has 0 fully saturated rings. The van der Waals surface area contributed by atoms with Crippen LogP contribution in [0.2, 0.25) is 0 Å². The third-order valence-electron chi connectivity index (χ3n) is 1.84. The zero-order valence-corrected chi connectivity index (χ0v) is 7.61. The Morgan fingerprint density at radius 2 is 2.31 bits per heavy atom. The second kappa shape index (κ2) is 3.36. The van der Waals surface area contributed by atoms with E-state index < -0.39 is 5.41 Å². The van der Waals surface area contributed by atoms with Crippen molar-refractivity contribution >= 4 is 6.29 Å². The van der Waals surface area contributed by atoms with Crippen molar-refractivity contribution in [3.63, 3.8) is 0 Å². The average Bonchev–Trinajstić information content (AvgIpc) is 2.18. The Bertz CT molecular complexity index is 363. The first-order valence-corrected chi connectivity index (χ1v) is 3.93. The minimum absolute atomic E-state index is 0.549. The fraction of sp³-hybridized carbons (Fsp3) is 0.300. The van der Waals surface area contributed by atoms with Crippen LogP contribution in [0.3, 0.4) is 0 Å². The Morgan fingerprint density at radius 3 is 2.85 bits per heavy atom. The standard InChI is InChI=1S/C10H10N2O/c1-10(2,7-11)9-5-8(6-13)3-4-12-9/h3-6H,1-2H3. The number of carbonyl (C=O) groups is 1. The maximum Gasteiger partial charge on any atom is 0.150 e. The summed E-state index contributed by atoms with van der Waals surface area (Å²) in [5, 5.41) is 8.83. The first-order valence-electron chi connectivity index (χ1n) is 3.93. The van der Waals surface area contributed by atoms with Crippen molar-refractivity contribution in [2.24, 2.45) is 0 Å². The van der Waals surface area contributed by atoms with Gasteiger partial charge >= 0.3 is 0 Å². The molecule has 66 valence electrons. The normalized spacial score (nSPS) is 10.5. The van der Waals surface area contributed by atoms with Gasteiger partial charge in [-0.2, -0.15) is 5.26 Å². The van der Waals surface area contributed by atoms with Gasteiger partial charge in [0.15, 0.2) is 0 Å². The number of hydrogen-bond donors (Lipinski definition) is 0. The van der Waals surface area contributed by atoms with Crippen LogP contribution in [-0.4, -0.2) is 11.3 Å². The van der Waals surface area contributed by atoms with E-state index in [-0.39, 0.29) is 0 Å². The summed E-state index contributed by atoms with van der Waals surface area (Å²) >= 11 is 0. The average molecular weight is 174 g/mol. The Balaban J connectivity index is 3.17. The zero-order valence-electron chi connectivity index (χ0n) is 7.61. The summed E-state index contributed by atoms with van der Waals surface area (Å²) in [5.74, 6) is 0. The van der Waals surface area contributed by atoms with E-state index in [0.717, 1.165) is 6.29 Å².